The Kier molecular flexibility index (Phi) is 2.02. The quantitative estimate of drug-likeness (QED) is 0.627. The van der Waals surface area contributed by atoms with Gasteiger partial charge in [0.1, 0.15) is 0 Å². The Hall–Kier alpha value is -0.0800. The average Bonchev–Trinajstić information content (AvgIpc) is 2.35. The Labute approximate surface area is 63.4 Å². The number of hydrogen-bond acceptors (Lipinski definition) is 2. The minimum atomic E-state index is 0.0590. The number of hydrogen-bond donors (Lipinski definition) is 1. The molecule has 0 aliphatic heterocycles. The van der Waals surface area contributed by atoms with Crippen molar-refractivity contribution in [2.45, 2.75) is 25.3 Å². The molecule has 1 aliphatic carbocycles. The number of nitrogens with zero attached hydrogens (tertiary/aromatic N) is 1. The molecule has 1 atom stereocenters. The summed E-state index contributed by atoms with van der Waals surface area (Å²) in [5.41, 5.74) is 6.14. The summed E-state index contributed by atoms with van der Waals surface area (Å²) in [6, 6.07) is 0. The summed E-state index contributed by atoms with van der Waals surface area (Å²) in [6.45, 7) is 3.17. The standard InChI is InChI=1S/C8H18N2/c1-8(9,6-10(2)3)7-4-5-7/h7H,4-6,9H2,1-3H3. The third-order valence-corrected chi connectivity index (χ3v) is 2.17. The molecule has 1 rings (SSSR count). The van der Waals surface area contributed by atoms with Crippen molar-refractivity contribution in [1.82, 2.24) is 4.90 Å². The van der Waals surface area contributed by atoms with E-state index in [-0.39, 0.29) is 5.54 Å². The van der Waals surface area contributed by atoms with E-state index in [0.717, 1.165) is 12.5 Å². The van der Waals surface area contributed by atoms with E-state index in [1.807, 2.05) is 0 Å². The molecule has 0 amide bonds. The molecule has 2 nitrogen and oxygen atoms in total. The number of rotatable bonds is 3. The normalized spacial score (nSPS) is 24.9. The van der Waals surface area contributed by atoms with E-state index < -0.39 is 0 Å². The van der Waals surface area contributed by atoms with Gasteiger partial charge in [-0.1, -0.05) is 0 Å². The predicted octanol–water partition coefficient (Wildman–Crippen LogP) is 0.675. The first-order valence-corrected chi connectivity index (χ1v) is 3.96. The maximum absolute atomic E-state index is 6.08. The van der Waals surface area contributed by atoms with Crippen LogP contribution < -0.4 is 5.73 Å². The van der Waals surface area contributed by atoms with Crippen LogP contribution in [0.3, 0.4) is 0 Å². The van der Waals surface area contributed by atoms with Gasteiger partial charge in [0.15, 0.2) is 0 Å². The molecule has 0 radical (unpaired) electrons. The maximum Gasteiger partial charge on any atom is 0.0283 e. The summed E-state index contributed by atoms with van der Waals surface area (Å²) < 4.78 is 0. The highest BCUT2D eigenvalue weighted by atomic mass is 15.1. The number of likely N-dealkylation sites (N-methyl/N-ethyl adjacent to an activating group) is 1. The van der Waals surface area contributed by atoms with Crippen LogP contribution in [0.4, 0.5) is 0 Å². The average molecular weight is 142 g/mol. The van der Waals surface area contributed by atoms with E-state index in [2.05, 4.69) is 25.9 Å². The van der Waals surface area contributed by atoms with E-state index in [1.165, 1.54) is 12.8 Å². The molecule has 0 aromatic carbocycles. The van der Waals surface area contributed by atoms with Gasteiger partial charge < -0.3 is 10.6 Å². The second kappa shape index (κ2) is 2.51. The van der Waals surface area contributed by atoms with E-state index in [4.69, 9.17) is 5.73 Å². The van der Waals surface area contributed by atoms with Crippen molar-refractivity contribution < 1.29 is 0 Å². The summed E-state index contributed by atoms with van der Waals surface area (Å²) in [4.78, 5) is 2.16. The van der Waals surface area contributed by atoms with Gasteiger partial charge in [0.25, 0.3) is 0 Å². The monoisotopic (exact) mass is 142 g/mol. The summed E-state index contributed by atoms with van der Waals surface area (Å²) in [5, 5.41) is 0. The summed E-state index contributed by atoms with van der Waals surface area (Å²) in [5.74, 6) is 0.787. The lowest BCUT2D eigenvalue weighted by molar-refractivity contribution is 0.274. The summed E-state index contributed by atoms with van der Waals surface area (Å²) in [7, 11) is 4.15. The Balaban J connectivity index is 2.34. The highest BCUT2D eigenvalue weighted by molar-refractivity contribution is 4.96. The van der Waals surface area contributed by atoms with E-state index in [0.29, 0.717) is 0 Å². The molecule has 1 unspecified atom stereocenters. The fraction of sp³-hybridized carbons (Fsp3) is 1.00. The first kappa shape index (κ1) is 8.02. The molecule has 1 aliphatic rings. The van der Waals surface area contributed by atoms with Crippen LogP contribution in [0.1, 0.15) is 19.8 Å². The van der Waals surface area contributed by atoms with Gasteiger partial charge >= 0.3 is 0 Å². The third kappa shape index (κ3) is 1.96. The molecule has 10 heavy (non-hydrogen) atoms. The lowest BCUT2D eigenvalue weighted by Crippen LogP contribution is -2.47. The van der Waals surface area contributed by atoms with E-state index in [9.17, 15) is 0 Å². The van der Waals surface area contributed by atoms with Crippen molar-refractivity contribution in [2.24, 2.45) is 11.7 Å². The van der Waals surface area contributed by atoms with Gasteiger partial charge in [0.2, 0.25) is 0 Å². The first-order valence-electron chi connectivity index (χ1n) is 3.96. The molecule has 1 fully saturated rings. The van der Waals surface area contributed by atoms with Gasteiger partial charge in [-0.2, -0.15) is 0 Å². The summed E-state index contributed by atoms with van der Waals surface area (Å²) in [6.07, 6.45) is 2.67. The molecule has 0 spiro atoms. The zero-order chi connectivity index (χ0) is 7.78. The van der Waals surface area contributed by atoms with Crippen molar-refractivity contribution in [1.29, 1.82) is 0 Å². The first-order chi connectivity index (χ1) is 4.52. The zero-order valence-corrected chi connectivity index (χ0v) is 7.22. The fourth-order valence-electron chi connectivity index (χ4n) is 1.55. The molecule has 0 saturated heterocycles. The van der Waals surface area contributed by atoms with Crippen LogP contribution in [0.2, 0.25) is 0 Å². The second-order valence-corrected chi connectivity index (χ2v) is 4.02. The van der Waals surface area contributed by atoms with E-state index >= 15 is 0 Å². The molecule has 2 N–H and O–H groups in total. The van der Waals surface area contributed by atoms with Gasteiger partial charge in [0, 0.05) is 12.1 Å². The van der Waals surface area contributed by atoms with Crippen molar-refractivity contribution in [3.05, 3.63) is 0 Å². The highest BCUT2D eigenvalue weighted by Gasteiger charge is 2.38. The molecule has 60 valence electrons. The van der Waals surface area contributed by atoms with Crippen molar-refractivity contribution >= 4 is 0 Å². The van der Waals surface area contributed by atoms with Gasteiger partial charge in [-0.3, -0.25) is 0 Å². The SMILES string of the molecule is CN(C)CC(C)(N)C1CC1. The van der Waals surface area contributed by atoms with E-state index in [1.54, 1.807) is 0 Å². The maximum atomic E-state index is 6.08. The fourth-order valence-corrected chi connectivity index (χ4v) is 1.55. The van der Waals surface area contributed by atoms with Crippen LogP contribution in [0, 0.1) is 5.92 Å². The largest absolute Gasteiger partial charge is 0.324 e. The molecular weight excluding hydrogens is 124 g/mol. The highest BCUT2D eigenvalue weighted by Crippen LogP contribution is 2.38. The van der Waals surface area contributed by atoms with Crippen LogP contribution in [-0.4, -0.2) is 31.1 Å². The van der Waals surface area contributed by atoms with Crippen LogP contribution in [0.15, 0.2) is 0 Å². The van der Waals surface area contributed by atoms with Gasteiger partial charge in [0.05, 0.1) is 0 Å². The van der Waals surface area contributed by atoms with Crippen LogP contribution in [0.5, 0.6) is 0 Å². The zero-order valence-electron chi connectivity index (χ0n) is 7.22. The molecule has 2 heteroatoms. The lowest BCUT2D eigenvalue weighted by Gasteiger charge is -2.27. The van der Waals surface area contributed by atoms with Crippen molar-refractivity contribution in [3.63, 3.8) is 0 Å². The molecule has 0 aromatic heterocycles. The van der Waals surface area contributed by atoms with Crippen LogP contribution in [0.25, 0.3) is 0 Å². The molecule has 1 saturated carbocycles. The smallest absolute Gasteiger partial charge is 0.0283 e. The van der Waals surface area contributed by atoms with Crippen LogP contribution in [-0.2, 0) is 0 Å². The van der Waals surface area contributed by atoms with Crippen LogP contribution >= 0.6 is 0 Å². The van der Waals surface area contributed by atoms with Gasteiger partial charge in [-0.15, -0.1) is 0 Å². The Morgan fingerprint density at radius 3 is 2.30 bits per heavy atom. The molecular formula is C8H18N2. The Morgan fingerprint density at radius 1 is 1.50 bits per heavy atom. The lowest BCUT2D eigenvalue weighted by atomic mass is 9.97. The third-order valence-electron chi connectivity index (χ3n) is 2.17. The molecule has 0 bridgehead atoms. The van der Waals surface area contributed by atoms with Crippen molar-refractivity contribution in [3.8, 4) is 0 Å². The minimum Gasteiger partial charge on any atom is -0.324 e. The Bertz CT molecular complexity index is 114. The predicted molar refractivity (Wildman–Crippen MR) is 43.9 cm³/mol. The molecule has 0 heterocycles. The van der Waals surface area contributed by atoms with Gasteiger partial charge in [-0.05, 0) is 39.8 Å². The Morgan fingerprint density at radius 2 is 2.00 bits per heavy atom. The number of nitrogens with two attached hydrogens (primary N) is 1. The van der Waals surface area contributed by atoms with Crippen molar-refractivity contribution in [2.75, 3.05) is 20.6 Å². The topological polar surface area (TPSA) is 29.3 Å². The molecule has 0 aromatic rings. The second-order valence-electron chi connectivity index (χ2n) is 4.02. The van der Waals surface area contributed by atoms with Gasteiger partial charge in [-0.25, -0.2) is 0 Å². The minimum absolute atomic E-state index is 0.0590. The summed E-state index contributed by atoms with van der Waals surface area (Å²) >= 11 is 0.